The largest absolute Gasteiger partial charge is 0.309 e. The number of aryl methyl sites for hydroxylation is 1. The van der Waals surface area contributed by atoms with E-state index in [-0.39, 0.29) is 0 Å². The first-order valence-electron chi connectivity index (χ1n) is 6.04. The van der Waals surface area contributed by atoms with Gasteiger partial charge in [-0.2, -0.15) is 5.10 Å². The molecule has 0 aliphatic heterocycles. The third-order valence-electron chi connectivity index (χ3n) is 2.62. The first kappa shape index (κ1) is 13.5. The van der Waals surface area contributed by atoms with Crippen LogP contribution in [0.3, 0.4) is 0 Å². The summed E-state index contributed by atoms with van der Waals surface area (Å²) in [5, 5.41) is 8.55. The number of rotatable bonds is 6. The van der Waals surface area contributed by atoms with Crippen molar-refractivity contribution in [2.45, 2.75) is 46.7 Å². The molecule has 1 unspecified atom stereocenters. The van der Waals surface area contributed by atoms with E-state index in [4.69, 9.17) is 11.6 Å². The van der Waals surface area contributed by atoms with Crippen molar-refractivity contribution in [2.24, 2.45) is 5.92 Å². The fraction of sp³-hybridized carbons (Fsp3) is 0.750. The summed E-state index contributed by atoms with van der Waals surface area (Å²) in [6, 6.07) is 0.306. The monoisotopic (exact) mass is 243 g/mol. The molecule has 1 N–H and O–H groups in total. The molecule has 1 heterocycles. The molecule has 0 bridgehead atoms. The number of hydrogen-bond donors (Lipinski definition) is 1. The van der Waals surface area contributed by atoms with Gasteiger partial charge in [-0.15, -0.1) is 0 Å². The minimum absolute atomic E-state index is 0.306. The van der Waals surface area contributed by atoms with E-state index >= 15 is 0 Å². The lowest BCUT2D eigenvalue weighted by Gasteiger charge is -2.21. The maximum atomic E-state index is 6.21. The molecular formula is C12H22ClN3. The molecule has 1 atom stereocenters. The summed E-state index contributed by atoms with van der Waals surface area (Å²) >= 11 is 6.21. The number of nitrogens with zero attached hydrogens (tertiary/aromatic N) is 2. The van der Waals surface area contributed by atoms with Crippen LogP contribution < -0.4 is 5.32 Å². The van der Waals surface area contributed by atoms with Crippen molar-refractivity contribution >= 4 is 11.6 Å². The Morgan fingerprint density at radius 2 is 2.12 bits per heavy atom. The lowest BCUT2D eigenvalue weighted by molar-refractivity contribution is 0.411. The molecule has 0 radical (unpaired) electrons. The number of hydrogen-bond acceptors (Lipinski definition) is 2. The summed E-state index contributed by atoms with van der Waals surface area (Å²) in [6.07, 6.45) is 2.82. The van der Waals surface area contributed by atoms with Crippen LogP contribution in [0.15, 0.2) is 6.20 Å². The van der Waals surface area contributed by atoms with Gasteiger partial charge in [-0.1, -0.05) is 32.4 Å². The average molecular weight is 244 g/mol. The summed E-state index contributed by atoms with van der Waals surface area (Å²) < 4.78 is 1.98. The van der Waals surface area contributed by atoms with Crippen molar-refractivity contribution in [3.8, 4) is 0 Å². The van der Waals surface area contributed by atoms with Crippen LogP contribution in [0.25, 0.3) is 0 Å². The Morgan fingerprint density at radius 3 is 2.62 bits per heavy atom. The second-order valence-electron chi connectivity index (χ2n) is 4.43. The normalized spacial score (nSPS) is 13.4. The molecule has 3 nitrogen and oxygen atoms in total. The molecule has 0 fully saturated rings. The Hall–Kier alpha value is -0.540. The van der Waals surface area contributed by atoms with Crippen LogP contribution in [-0.2, 0) is 6.54 Å². The van der Waals surface area contributed by atoms with Crippen LogP contribution in [0, 0.1) is 5.92 Å². The van der Waals surface area contributed by atoms with E-state index in [9.17, 15) is 0 Å². The van der Waals surface area contributed by atoms with Gasteiger partial charge in [0.25, 0.3) is 0 Å². The van der Waals surface area contributed by atoms with Gasteiger partial charge in [-0.05, 0) is 25.8 Å². The SMILES string of the molecule is CCNC(CC(C)C)c1c(Cl)cnn1CC. The van der Waals surface area contributed by atoms with E-state index in [1.54, 1.807) is 6.20 Å². The van der Waals surface area contributed by atoms with E-state index in [1.165, 1.54) is 0 Å². The van der Waals surface area contributed by atoms with Crippen LogP contribution in [0.2, 0.25) is 5.02 Å². The Morgan fingerprint density at radius 1 is 1.44 bits per heavy atom. The van der Waals surface area contributed by atoms with E-state index in [1.807, 2.05) is 4.68 Å². The molecule has 16 heavy (non-hydrogen) atoms. The van der Waals surface area contributed by atoms with Crippen molar-refractivity contribution in [3.63, 3.8) is 0 Å². The predicted molar refractivity (Wildman–Crippen MR) is 68.8 cm³/mol. The minimum atomic E-state index is 0.306. The Balaban J connectivity index is 2.94. The third kappa shape index (κ3) is 3.22. The molecule has 0 aliphatic rings. The standard InChI is InChI=1S/C12H22ClN3/c1-5-14-11(7-9(3)4)12-10(13)8-15-16(12)6-2/h8-9,11,14H,5-7H2,1-4H3. The number of nitrogens with one attached hydrogen (secondary N) is 1. The Bertz CT molecular complexity index is 320. The molecule has 0 aliphatic carbocycles. The zero-order chi connectivity index (χ0) is 12.1. The summed E-state index contributed by atoms with van der Waals surface area (Å²) in [6.45, 7) is 10.5. The van der Waals surface area contributed by atoms with E-state index in [2.05, 4.69) is 38.1 Å². The van der Waals surface area contributed by atoms with Crippen molar-refractivity contribution < 1.29 is 0 Å². The molecule has 1 rings (SSSR count). The molecule has 1 aromatic rings. The molecule has 0 amide bonds. The second kappa shape index (κ2) is 6.26. The molecule has 0 aromatic carbocycles. The smallest absolute Gasteiger partial charge is 0.0834 e. The molecule has 0 spiro atoms. The van der Waals surface area contributed by atoms with Crippen LogP contribution in [-0.4, -0.2) is 16.3 Å². The van der Waals surface area contributed by atoms with Crippen molar-refractivity contribution in [2.75, 3.05) is 6.54 Å². The van der Waals surface area contributed by atoms with Crippen molar-refractivity contribution in [1.29, 1.82) is 0 Å². The number of halogens is 1. The van der Waals surface area contributed by atoms with E-state index in [0.717, 1.165) is 30.2 Å². The fourth-order valence-corrected chi connectivity index (χ4v) is 2.25. The van der Waals surface area contributed by atoms with Crippen molar-refractivity contribution in [3.05, 3.63) is 16.9 Å². The topological polar surface area (TPSA) is 29.9 Å². The molecule has 0 saturated heterocycles. The van der Waals surface area contributed by atoms with Crippen LogP contribution >= 0.6 is 11.6 Å². The van der Waals surface area contributed by atoms with Crippen LogP contribution in [0.4, 0.5) is 0 Å². The summed E-state index contributed by atoms with van der Waals surface area (Å²) in [5.74, 6) is 0.639. The molecule has 0 saturated carbocycles. The zero-order valence-corrected chi connectivity index (χ0v) is 11.4. The van der Waals surface area contributed by atoms with Gasteiger partial charge in [0, 0.05) is 6.54 Å². The van der Waals surface area contributed by atoms with Gasteiger partial charge >= 0.3 is 0 Å². The lowest BCUT2D eigenvalue weighted by Crippen LogP contribution is -2.25. The highest BCUT2D eigenvalue weighted by Gasteiger charge is 2.19. The van der Waals surface area contributed by atoms with Gasteiger partial charge in [-0.3, -0.25) is 4.68 Å². The summed E-state index contributed by atoms with van der Waals surface area (Å²) in [4.78, 5) is 0. The minimum Gasteiger partial charge on any atom is -0.309 e. The quantitative estimate of drug-likeness (QED) is 0.831. The van der Waals surface area contributed by atoms with Gasteiger partial charge in [0.2, 0.25) is 0 Å². The van der Waals surface area contributed by atoms with Gasteiger partial charge in [-0.25, -0.2) is 0 Å². The van der Waals surface area contributed by atoms with E-state index in [0.29, 0.717) is 12.0 Å². The maximum Gasteiger partial charge on any atom is 0.0834 e. The molecule has 92 valence electrons. The lowest BCUT2D eigenvalue weighted by atomic mass is 10.0. The highest BCUT2D eigenvalue weighted by Crippen LogP contribution is 2.27. The van der Waals surface area contributed by atoms with Crippen LogP contribution in [0.5, 0.6) is 0 Å². The molecule has 1 aromatic heterocycles. The highest BCUT2D eigenvalue weighted by molar-refractivity contribution is 6.31. The number of aromatic nitrogens is 2. The highest BCUT2D eigenvalue weighted by atomic mass is 35.5. The first-order valence-corrected chi connectivity index (χ1v) is 6.42. The predicted octanol–water partition coefficient (Wildman–Crippen LogP) is 3.25. The fourth-order valence-electron chi connectivity index (χ4n) is 1.98. The zero-order valence-electron chi connectivity index (χ0n) is 10.6. The second-order valence-corrected chi connectivity index (χ2v) is 4.84. The van der Waals surface area contributed by atoms with Gasteiger partial charge in [0.05, 0.1) is 23.0 Å². The van der Waals surface area contributed by atoms with Gasteiger partial charge < -0.3 is 5.32 Å². The van der Waals surface area contributed by atoms with Crippen LogP contribution in [0.1, 0.15) is 45.9 Å². The van der Waals surface area contributed by atoms with E-state index < -0.39 is 0 Å². The Kier molecular flexibility index (Phi) is 5.29. The Labute approximate surface area is 103 Å². The molecule has 4 heteroatoms. The third-order valence-corrected chi connectivity index (χ3v) is 2.91. The maximum absolute atomic E-state index is 6.21. The summed E-state index contributed by atoms with van der Waals surface area (Å²) in [5.41, 5.74) is 1.12. The van der Waals surface area contributed by atoms with Gasteiger partial charge in [0.15, 0.2) is 0 Å². The van der Waals surface area contributed by atoms with Crippen molar-refractivity contribution in [1.82, 2.24) is 15.1 Å². The summed E-state index contributed by atoms with van der Waals surface area (Å²) in [7, 11) is 0. The molecular weight excluding hydrogens is 222 g/mol. The van der Waals surface area contributed by atoms with Gasteiger partial charge in [0.1, 0.15) is 0 Å². The average Bonchev–Trinajstić information content (AvgIpc) is 2.58. The first-order chi connectivity index (χ1) is 7.60.